The Bertz CT molecular complexity index is 944. The van der Waals surface area contributed by atoms with Gasteiger partial charge in [-0.2, -0.15) is 5.10 Å². The summed E-state index contributed by atoms with van der Waals surface area (Å²) >= 11 is 0. The highest BCUT2D eigenvalue weighted by Gasteiger charge is 2.29. The van der Waals surface area contributed by atoms with Gasteiger partial charge in [0.05, 0.1) is 5.71 Å². The minimum Gasteiger partial charge on any atom is -0.436 e. The van der Waals surface area contributed by atoms with Crippen LogP contribution in [0.5, 0.6) is 0 Å². The Balaban J connectivity index is 1.75. The third kappa shape index (κ3) is 2.38. The number of nitrogens with zero attached hydrogens (tertiary/aromatic N) is 2. The van der Waals surface area contributed by atoms with Crippen molar-refractivity contribution < 1.29 is 9.21 Å². The lowest BCUT2D eigenvalue weighted by Gasteiger charge is -2.25. The lowest BCUT2D eigenvalue weighted by molar-refractivity contribution is -0.125. The smallest absolute Gasteiger partial charge is 0.243 e. The van der Waals surface area contributed by atoms with Crippen molar-refractivity contribution in [3.8, 4) is 11.5 Å². The Morgan fingerprint density at radius 2 is 1.79 bits per heavy atom. The van der Waals surface area contributed by atoms with Gasteiger partial charge in [0.1, 0.15) is 5.52 Å². The number of carbonyl (C=O) groups excluding carboxylic acids is 1. The number of hydrogen-bond donors (Lipinski definition) is 1. The van der Waals surface area contributed by atoms with Gasteiger partial charge in [-0.3, -0.25) is 4.79 Å². The SMILES string of the molecule is C[C@@H]1C(c2ccc3nc(-c4ccccc4)oc3c2)=NNC(=O)[C@@H]1C. The third-order valence-electron chi connectivity index (χ3n) is 4.59. The molecule has 3 aromatic rings. The molecular weight excluding hydrogens is 302 g/mol. The fraction of sp³-hybridized carbons (Fsp3) is 0.211. The van der Waals surface area contributed by atoms with Crippen LogP contribution in [0.4, 0.5) is 0 Å². The van der Waals surface area contributed by atoms with E-state index in [2.05, 4.69) is 15.5 Å². The number of hydrogen-bond acceptors (Lipinski definition) is 4. The average molecular weight is 319 g/mol. The Kier molecular flexibility index (Phi) is 3.41. The molecule has 1 amide bonds. The van der Waals surface area contributed by atoms with E-state index < -0.39 is 0 Å². The minimum atomic E-state index is -0.109. The normalized spacial score (nSPS) is 20.8. The number of fused-ring (bicyclic) bond motifs is 1. The van der Waals surface area contributed by atoms with Crippen LogP contribution in [0.15, 0.2) is 58.0 Å². The van der Waals surface area contributed by atoms with Crippen molar-refractivity contribution in [2.45, 2.75) is 13.8 Å². The summed E-state index contributed by atoms with van der Waals surface area (Å²) in [6, 6.07) is 15.6. The first-order valence-electron chi connectivity index (χ1n) is 7.97. The van der Waals surface area contributed by atoms with Crippen LogP contribution in [-0.2, 0) is 4.79 Å². The molecule has 0 bridgehead atoms. The molecule has 0 saturated heterocycles. The number of hydrazone groups is 1. The largest absolute Gasteiger partial charge is 0.436 e. The van der Waals surface area contributed by atoms with Crippen molar-refractivity contribution in [2.75, 3.05) is 0 Å². The molecule has 0 unspecified atom stereocenters. The molecule has 1 N–H and O–H groups in total. The highest BCUT2D eigenvalue weighted by atomic mass is 16.3. The van der Waals surface area contributed by atoms with Crippen LogP contribution in [0, 0.1) is 11.8 Å². The Hall–Kier alpha value is -2.95. The maximum Gasteiger partial charge on any atom is 0.243 e. The first-order valence-corrected chi connectivity index (χ1v) is 7.97. The van der Waals surface area contributed by atoms with Gasteiger partial charge in [-0.15, -0.1) is 0 Å². The summed E-state index contributed by atoms with van der Waals surface area (Å²) in [7, 11) is 0. The van der Waals surface area contributed by atoms with Crippen LogP contribution in [0.3, 0.4) is 0 Å². The number of rotatable bonds is 2. The lowest BCUT2D eigenvalue weighted by Crippen LogP contribution is -2.39. The summed E-state index contributed by atoms with van der Waals surface area (Å²) in [5, 5.41) is 4.24. The molecule has 0 fully saturated rings. The fourth-order valence-electron chi connectivity index (χ4n) is 2.90. The van der Waals surface area contributed by atoms with E-state index in [1.807, 2.05) is 62.4 Å². The summed E-state index contributed by atoms with van der Waals surface area (Å²) in [6.07, 6.45) is 0. The molecule has 0 spiro atoms. The number of carbonyl (C=O) groups is 1. The van der Waals surface area contributed by atoms with Gasteiger partial charge in [0, 0.05) is 23.0 Å². The molecule has 1 aromatic heterocycles. The zero-order valence-electron chi connectivity index (χ0n) is 13.5. The Morgan fingerprint density at radius 3 is 2.58 bits per heavy atom. The van der Waals surface area contributed by atoms with Gasteiger partial charge in [0.2, 0.25) is 11.8 Å². The van der Waals surface area contributed by atoms with E-state index in [1.54, 1.807) is 0 Å². The molecule has 0 radical (unpaired) electrons. The molecule has 5 heteroatoms. The zero-order chi connectivity index (χ0) is 16.7. The summed E-state index contributed by atoms with van der Waals surface area (Å²) < 4.78 is 5.92. The van der Waals surface area contributed by atoms with Crippen LogP contribution in [-0.4, -0.2) is 16.6 Å². The summed E-state index contributed by atoms with van der Waals surface area (Å²) in [4.78, 5) is 16.2. The molecule has 2 atom stereocenters. The van der Waals surface area contributed by atoms with Crippen LogP contribution in [0.1, 0.15) is 19.4 Å². The second-order valence-electron chi connectivity index (χ2n) is 6.12. The van der Waals surface area contributed by atoms with Gasteiger partial charge in [-0.25, -0.2) is 10.4 Å². The zero-order valence-corrected chi connectivity index (χ0v) is 13.5. The van der Waals surface area contributed by atoms with Gasteiger partial charge in [-0.05, 0) is 24.3 Å². The van der Waals surface area contributed by atoms with Crippen LogP contribution in [0.25, 0.3) is 22.6 Å². The van der Waals surface area contributed by atoms with E-state index in [4.69, 9.17) is 4.42 Å². The molecule has 1 aliphatic heterocycles. The summed E-state index contributed by atoms with van der Waals surface area (Å²) in [6.45, 7) is 3.93. The lowest BCUT2D eigenvalue weighted by atomic mass is 9.86. The van der Waals surface area contributed by atoms with Crippen LogP contribution in [0.2, 0.25) is 0 Å². The third-order valence-corrected chi connectivity index (χ3v) is 4.59. The van der Waals surface area contributed by atoms with Crippen molar-refractivity contribution >= 4 is 22.7 Å². The Labute approximate surface area is 139 Å². The fourth-order valence-corrected chi connectivity index (χ4v) is 2.90. The molecule has 0 saturated carbocycles. The predicted octanol–water partition coefficient (Wildman–Crippen LogP) is 3.60. The number of amides is 1. The van der Waals surface area contributed by atoms with Crippen molar-refractivity contribution in [1.29, 1.82) is 0 Å². The standard InChI is InChI=1S/C19H17N3O2/c1-11-12(2)18(23)22-21-17(11)14-8-9-15-16(10-14)24-19(20-15)13-6-4-3-5-7-13/h3-12H,1-2H3,(H,22,23)/t11-,12+/m0/s1. The monoisotopic (exact) mass is 319 g/mol. The van der Waals surface area contributed by atoms with E-state index in [9.17, 15) is 4.79 Å². The first-order chi connectivity index (χ1) is 11.6. The van der Waals surface area contributed by atoms with Gasteiger partial charge in [0.15, 0.2) is 5.58 Å². The van der Waals surface area contributed by atoms with E-state index in [1.165, 1.54) is 0 Å². The number of oxazole rings is 1. The van der Waals surface area contributed by atoms with E-state index in [-0.39, 0.29) is 17.7 Å². The highest BCUT2D eigenvalue weighted by Crippen LogP contribution is 2.27. The first kappa shape index (κ1) is 14.6. The molecule has 24 heavy (non-hydrogen) atoms. The van der Waals surface area contributed by atoms with Gasteiger partial charge in [0.25, 0.3) is 0 Å². The summed E-state index contributed by atoms with van der Waals surface area (Å²) in [5.74, 6) is 0.497. The molecule has 0 aliphatic carbocycles. The van der Waals surface area contributed by atoms with Crippen molar-refractivity contribution in [2.24, 2.45) is 16.9 Å². The topological polar surface area (TPSA) is 67.5 Å². The number of benzene rings is 2. The molecule has 120 valence electrons. The van der Waals surface area contributed by atoms with E-state index >= 15 is 0 Å². The van der Waals surface area contributed by atoms with Crippen molar-refractivity contribution in [3.05, 3.63) is 54.1 Å². The molecule has 1 aliphatic rings. The van der Waals surface area contributed by atoms with Gasteiger partial charge in [-0.1, -0.05) is 38.1 Å². The molecular formula is C19H17N3O2. The van der Waals surface area contributed by atoms with E-state index in [0.717, 1.165) is 22.4 Å². The molecule has 4 rings (SSSR count). The number of nitrogens with one attached hydrogen (secondary N) is 1. The maximum atomic E-state index is 11.7. The van der Waals surface area contributed by atoms with Crippen LogP contribution >= 0.6 is 0 Å². The second kappa shape index (κ2) is 5.60. The van der Waals surface area contributed by atoms with Gasteiger partial charge < -0.3 is 4.42 Å². The molecule has 5 nitrogen and oxygen atoms in total. The summed E-state index contributed by atoms with van der Waals surface area (Å²) in [5.41, 5.74) is 6.86. The average Bonchev–Trinajstić information content (AvgIpc) is 3.04. The predicted molar refractivity (Wildman–Crippen MR) is 92.5 cm³/mol. The van der Waals surface area contributed by atoms with Gasteiger partial charge >= 0.3 is 0 Å². The minimum absolute atomic E-state index is 0.0432. The quantitative estimate of drug-likeness (QED) is 0.784. The maximum absolute atomic E-state index is 11.7. The molecule has 2 heterocycles. The van der Waals surface area contributed by atoms with Crippen LogP contribution < -0.4 is 5.43 Å². The number of aromatic nitrogens is 1. The van der Waals surface area contributed by atoms with Crippen molar-refractivity contribution in [1.82, 2.24) is 10.4 Å². The Morgan fingerprint density at radius 1 is 1.00 bits per heavy atom. The second-order valence-corrected chi connectivity index (χ2v) is 6.12. The molecule has 2 aromatic carbocycles. The highest BCUT2D eigenvalue weighted by molar-refractivity contribution is 6.07. The van der Waals surface area contributed by atoms with Crippen molar-refractivity contribution in [3.63, 3.8) is 0 Å². The van der Waals surface area contributed by atoms with E-state index in [0.29, 0.717) is 11.5 Å².